The molecule has 1 saturated heterocycles. The predicted octanol–water partition coefficient (Wildman–Crippen LogP) is 4.10. The van der Waals surface area contributed by atoms with Crippen molar-refractivity contribution in [3.63, 3.8) is 0 Å². The summed E-state index contributed by atoms with van der Waals surface area (Å²) in [6, 6.07) is 6.46. The van der Waals surface area contributed by atoms with Crippen molar-refractivity contribution in [2.24, 2.45) is 11.8 Å². The minimum absolute atomic E-state index is 0.228. The van der Waals surface area contributed by atoms with Crippen molar-refractivity contribution < 1.29 is 9.21 Å². The fourth-order valence-electron chi connectivity index (χ4n) is 4.17. The Bertz CT molecular complexity index is 773. The third kappa shape index (κ3) is 2.48. The quantitative estimate of drug-likeness (QED) is 0.800. The molecule has 3 unspecified atom stereocenters. The van der Waals surface area contributed by atoms with Crippen molar-refractivity contribution in [1.29, 1.82) is 0 Å². The molecule has 1 fully saturated rings. The van der Waals surface area contributed by atoms with Gasteiger partial charge in [-0.25, -0.2) is 0 Å². The van der Waals surface area contributed by atoms with Crippen LogP contribution in [0.3, 0.4) is 0 Å². The number of hydrogen-bond acceptors (Lipinski definition) is 2. The summed E-state index contributed by atoms with van der Waals surface area (Å²) in [4.78, 5) is 15.0. The molecule has 2 bridgehead atoms. The highest BCUT2D eigenvalue weighted by Gasteiger charge is 2.38. The molecule has 1 aromatic carbocycles. The molecule has 1 aliphatic carbocycles. The minimum Gasteiger partial charge on any atom is -0.464 e. The number of carbonyl (C=O) groups excluding carboxylic acids is 1. The van der Waals surface area contributed by atoms with Gasteiger partial charge < -0.3 is 9.32 Å². The van der Waals surface area contributed by atoms with Gasteiger partial charge in [-0.15, -0.1) is 0 Å². The van der Waals surface area contributed by atoms with Crippen LogP contribution in [0.15, 0.2) is 41.0 Å². The smallest absolute Gasteiger partial charge is 0.227 e. The first-order chi connectivity index (χ1) is 11.2. The van der Waals surface area contributed by atoms with Gasteiger partial charge in [0.25, 0.3) is 0 Å². The van der Waals surface area contributed by atoms with Gasteiger partial charge in [0.1, 0.15) is 5.58 Å². The second-order valence-corrected chi connectivity index (χ2v) is 7.02. The average Bonchev–Trinajstić information content (AvgIpc) is 2.96. The summed E-state index contributed by atoms with van der Waals surface area (Å²) in [6.45, 7) is 5.16. The molecule has 3 aliphatic rings. The van der Waals surface area contributed by atoms with E-state index in [2.05, 4.69) is 43.0 Å². The topological polar surface area (TPSA) is 33.5 Å². The second kappa shape index (κ2) is 5.55. The molecule has 3 heteroatoms. The normalized spacial score (nSPS) is 26.2. The van der Waals surface area contributed by atoms with E-state index in [0.717, 1.165) is 29.5 Å². The molecule has 3 heterocycles. The van der Waals surface area contributed by atoms with Crippen molar-refractivity contribution in [1.82, 2.24) is 4.90 Å². The Morgan fingerprint density at radius 1 is 1.35 bits per heavy atom. The Hall–Kier alpha value is -2.03. The van der Waals surface area contributed by atoms with Gasteiger partial charge in [-0.1, -0.05) is 37.6 Å². The number of carbonyl (C=O) groups is 1. The fourth-order valence-corrected chi connectivity index (χ4v) is 4.17. The SMILES string of the molecule is CCC1CC2C=CC1N(C(=O)Cc1coc3cc(C)ccc13)C2. The first kappa shape index (κ1) is 14.6. The fraction of sp³-hybridized carbons (Fsp3) is 0.450. The molecule has 5 rings (SSSR count). The van der Waals surface area contributed by atoms with Gasteiger partial charge in [-0.3, -0.25) is 4.79 Å². The summed E-state index contributed by atoms with van der Waals surface area (Å²) in [7, 11) is 0. The van der Waals surface area contributed by atoms with Crippen molar-refractivity contribution in [3.05, 3.63) is 47.7 Å². The zero-order valence-corrected chi connectivity index (χ0v) is 13.8. The molecule has 0 radical (unpaired) electrons. The Labute approximate surface area is 137 Å². The number of hydrogen-bond donors (Lipinski definition) is 0. The molecule has 1 amide bonds. The van der Waals surface area contributed by atoms with Gasteiger partial charge in [-0.2, -0.15) is 0 Å². The maximum absolute atomic E-state index is 12.9. The van der Waals surface area contributed by atoms with E-state index in [1.54, 1.807) is 6.26 Å². The van der Waals surface area contributed by atoms with Crippen molar-refractivity contribution in [2.45, 2.75) is 39.2 Å². The standard InChI is InChI=1S/C20H23NO2/c1-3-15-9-14-5-7-18(15)21(11-14)20(22)10-16-12-23-19-8-13(2)4-6-17(16)19/h4-8,12,14-15,18H,3,9-11H2,1-2H3. The lowest BCUT2D eigenvalue weighted by Gasteiger charge is -2.46. The molecule has 0 N–H and O–H groups in total. The second-order valence-electron chi connectivity index (χ2n) is 7.02. The highest BCUT2D eigenvalue weighted by Crippen LogP contribution is 2.36. The molecule has 1 aromatic heterocycles. The van der Waals surface area contributed by atoms with Crippen LogP contribution >= 0.6 is 0 Å². The molecule has 3 nitrogen and oxygen atoms in total. The minimum atomic E-state index is 0.228. The number of nitrogens with zero attached hydrogens (tertiary/aromatic N) is 1. The lowest BCUT2D eigenvalue weighted by molar-refractivity contribution is -0.135. The van der Waals surface area contributed by atoms with Crippen LogP contribution in [0.4, 0.5) is 0 Å². The van der Waals surface area contributed by atoms with Gasteiger partial charge in [-0.05, 0) is 36.8 Å². The van der Waals surface area contributed by atoms with E-state index >= 15 is 0 Å². The number of aryl methyl sites for hydroxylation is 1. The lowest BCUT2D eigenvalue weighted by Crippen LogP contribution is -2.53. The van der Waals surface area contributed by atoms with Crippen molar-refractivity contribution in [3.8, 4) is 0 Å². The molecular weight excluding hydrogens is 286 g/mol. The van der Waals surface area contributed by atoms with E-state index in [9.17, 15) is 4.79 Å². The van der Waals surface area contributed by atoms with Crippen molar-refractivity contribution >= 4 is 16.9 Å². The summed E-state index contributed by atoms with van der Waals surface area (Å²) in [5.41, 5.74) is 3.05. The van der Waals surface area contributed by atoms with E-state index < -0.39 is 0 Å². The summed E-state index contributed by atoms with van der Waals surface area (Å²) < 4.78 is 5.64. The van der Waals surface area contributed by atoms with E-state index in [4.69, 9.17) is 4.42 Å². The van der Waals surface area contributed by atoms with Crippen LogP contribution in [0.5, 0.6) is 0 Å². The average molecular weight is 309 g/mol. The number of benzene rings is 1. The molecule has 2 aliphatic heterocycles. The van der Waals surface area contributed by atoms with E-state index in [1.807, 2.05) is 6.07 Å². The molecule has 23 heavy (non-hydrogen) atoms. The van der Waals surface area contributed by atoms with Gasteiger partial charge in [0.15, 0.2) is 0 Å². The molecule has 120 valence electrons. The Morgan fingerprint density at radius 3 is 3.00 bits per heavy atom. The van der Waals surface area contributed by atoms with Crippen LogP contribution in [0.25, 0.3) is 11.0 Å². The first-order valence-corrected chi connectivity index (χ1v) is 8.60. The number of fused-ring (bicyclic) bond motifs is 3. The largest absolute Gasteiger partial charge is 0.464 e. The summed E-state index contributed by atoms with van der Waals surface area (Å²) in [6.07, 6.45) is 9.11. The zero-order valence-electron chi connectivity index (χ0n) is 13.8. The highest BCUT2D eigenvalue weighted by atomic mass is 16.3. The third-order valence-electron chi connectivity index (χ3n) is 5.46. The highest BCUT2D eigenvalue weighted by molar-refractivity contribution is 5.88. The molecule has 3 atom stereocenters. The van der Waals surface area contributed by atoms with Crippen LogP contribution in [0.2, 0.25) is 0 Å². The Morgan fingerprint density at radius 2 is 2.22 bits per heavy atom. The van der Waals surface area contributed by atoms with Crippen LogP contribution in [0.1, 0.15) is 30.9 Å². The van der Waals surface area contributed by atoms with E-state index in [1.165, 1.54) is 12.0 Å². The molecule has 0 saturated carbocycles. The van der Waals surface area contributed by atoms with Gasteiger partial charge in [0.2, 0.25) is 5.91 Å². The van der Waals surface area contributed by atoms with E-state index in [0.29, 0.717) is 18.3 Å². The van der Waals surface area contributed by atoms with Crippen molar-refractivity contribution in [2.75, 3.05) is 6.54 Å². The number of piperidine rings is 1. The van der Waals surface area contributed by atoms with Gasteiger partial charge >= 0.3 is 0 Å². The lowest BCUT2D eigenvalue weighted by atomic mass is 9.76. The number of rotatable bonds is 3. The Balaban J connectivity index is 1.57. The Kier molecular flexibility index (Phi) is 3.51. The summed E-state index contributed by atoms with van der Waals surface area (Å²) in [5.74, 6) is 1.38. The van der Waals surface area contributed by atoms with Crippen LogP contribution in [0, 0.1) is 18.8 Å². The zero-order chi connectivity index (χ0) is 16.0. The maximum Gasteiger partial charge on any atom is 0.227 e. The first-order valence-electron chi connectivity index (χ1n) is 8.60. The van der Waals surface area contributed by atoms with Gasteiger partial charge in [0.05, 0.1) is 18.7 Å². The van der Waals surface area contributed by atoms with Crippen LogP contribution < -0.4 is 0 Å². The van der Waals surface area contributed by atoms with Gasteiger partial charge in [0, 0.05) is 17.5 Å². The summed E-state index contributed by atoms with van der Waals surface area (Å²) >= 11 is 0. The summed E-state index contributed by atoms with van der Waals surface area (Å²) in [5, 5.41) is 1.06. The van der Waals surface area contributed by atoms with Crippen LogP contribution in [-0.4, -0.2) is 23.4 Å². The molecule has 2 aromatic rings. The monoisotopic (exact) mass is 309 g/mol. The van der Waals surface area contributed by atoms with E-state index in [-0.39, 0.29) is 11.9 Å². The predicted molar refractivity (Wildman–Crippen MR) is 91.2 cm³/mol. The number of furan rings is 1. The third-order valence-corrected chi connectivity index (χ3v) is 5.46. The molecular formula is C20H23NO2. The number of amides is 1. The maximum atomic E-state index is 12.9. The van der Waals surface area contributed by atoms with Crippen LogP contribution in [-0.2, 0) is 11.2 Å². The molecule has 0 spiro atoms.